The van der Waals surface area contributed by atoms with Gasteiger partial charge in [-0.1, -0.05) is 17.4 Å². The van der Waals surface area contributed by atoms with Gasteiger partial charge in [0.1, 0.15) is 5.69 Å². The fourth-order valence-corrected chi connectivity index (χ4v) is 4.67. The van der Waals surface area contributed by atoms with E-state index in [0.29, 0.717) is 18.8 Å². The molecule has 1 aliphatic rings. The molecule has 2 aromatic heterocycles. The number of hydrogen-bond donors (Lipinski definition) is 0. The number of carbonyl (C=O) groups excluding carboxylic acids is 1. The van der Waals surface area contributed by atoms with Crippen LogP contribution >= 0.6 is 11.3 Å². The second-order valence-corrected chi connectivity index (χ2v) is 8.37. The number of hydrogen-bond acceptors (Lipinski definition) is 6. The van der Waals surface area contributed by atoms with E-state index >= 15 is 0 Å². The Balaban J connectivity index is 1.66. The van der Waals surface area contributed by atoms with Gasteiger partial charge < -0.3 is 4.74 Å². The van der Waals surface area contributed by atoms with Crippen molar-refractivity contribution in [1.29, 1.82) is 0 Å². The summed E-state index contributed by atoms with van der Waals surface area (Å²) in [5.41, 5.74) is 3.59. The second-order valence-electron chi connectivity index (χ2n) is 7.37. The topological polar surface area (TPSA) is 63.5 Å². The standard InChI is InChI=1S/C21H27N5O2S/c1-4-26-18(14-16(3)23-26)20(27)25(8-7-24-9-11-28-12-10-24)21-22-17-6-5-15(2)13-19(17)29-21/h5-6,13-14H,4,7-12H2,1-3H3. The zero-order chi connectivity index (χ0) is 20.4. The third-order valence-corrected chi connectivity index (χ3v) is 6.21. The van der Waals surface area contributed by atoms with Crippen molar-refractivity contribution in [2.24, 2.45) is 0 Å². The molecule has 1 amide bonds. The van der Waals surface area contributed by atoms with Crippen LogP contribution in [0.15, 0.2) is 24.3 Å². The van der Waals surface area contributed by atoms with Crippen LogP contribution in [0.4, 0.5) is 5.13 Å². The van der Waals surface area contributed by atoms with Crippen molar-refractivity contribution in [1.82, 2.24) is 19.7 Å². The Hall–Kier alpha value is -2.29. The molecule has 0 bridgehead atoms. The SMILES string of the molecule is CCn1nc(C)cc1C(=O)N(CCN1CCOCC1)c1nc2ccc(C)cc2s1. The number of thiazole rings is 1. The van der Waals surface area contributed by atoms with Crippen molar-refractivity contribution in [2.75, 3.05) is 44.3 Å². The molecule has 0 saturated carbocycles. The highest BCUT2D eigenvalue weighted by molar-refractivity contribution is 7.22. The maximum absolute atomic E-state index is 13.5. The number of morpholine rings is 1. The van der Waals surface area contributed by atoms with E-state index in [1.54, 1.807) is 16.0 Å². The minimum Gasteiger partial charge on any atom is -0.379 e. The average Bonchev–Trinajstić information content (AvgIpc) is 3.31. The quantitative estimate of drug-likeness (QED) is 0.621. The number of amides is 1. The number of anilines is 1. The van der Waals surface area contributed by atoms with Crippen molar-refractivity contribution in [2.45, 2.75) is 27.3 Å². The maximum atomic E-state index is 13.5. The van der Waals surface area contributed by atoms with Gasteiger partial charge in [-0.25, -0.2) is 4.98 Å². The summed E-state index contributed by atoms with van der Waals surface area (Å²) in [6.45, 7) is 11.3. The van der Waals surface area contributed by atoms with E-state index in [2.05, 4.69) is 29.1 Å². The van der Waals surface area contributed by atoms with Gasteiger partial charge in [0, 0.05) is 32.7 Å². The van der Waals surface area contributed by atoms with Crippen molar-refractivity contribution < 1.29 is 9.53 Å². The molecule has 7 nitrogen and oxygen atoms in total. The fourth-order valence-electron chi connectivity index (χ4n) is 3.58. The molecule has 0 spiro atoms. The lowest BCUT2D eigenvalue weighted by atomic mass is 10.2. The third kappa shape index (κ3) is 4.34. The Morgan fingerprint density at radius 1 is 1.24 bits per heavy atom. The highest BCUT2D eigenvalue weighted by Gasteiger charge is 2.25. The van der Waals surface area contributed by atoms with Crippen LogP contribution < -0.4 is 4.90 Å². The van der Waals surface area contributed by atoms with Crippen LogP contribution in [0.2, 0.25) is 0 Å². The van der Waals surface area contributed by atoms with Gasteiger partial charge in [-0.15, -0.1) is 0 Å². The van der Waals surface area contributed by atoms with Gasteiger partial charge in [-0.2, -0.15) is 5.10 Å². The molecular weight excluding hydrogens is 386 g/mol. The van der Waals surface area contributed by atoms with E-state index in [9.17, 15) is 4.79 Å². The number of ether oxygens (including phenoxy) is 1. The molecule has 1 aliphatic heterocycles. The summed E-state index contributed by atoms with van der Waals surface area (Å²) in [6, 6.07) is 8.07. The summed E-state index contributed by atoms with van der Waals surface area (Å²) in [6.07, 6.45) is 0. The normalized spacial score (nSPS) is 15.1. The zero-order valence-corrected chi connectivity index (χ0v) is 18.0. The Morgan fingerprint density at radius 3 is 2.79 bits per heavy atom. The Bertz CT molecular complexity index is 1010. The number of rotatable bonds is 6. The van der Waals surface area contributed by atoms with E-state index in [1.807, 2.05) is 30.9 Å². The molecule has 0 atom stereocenters. The van der Waals surface area contributed by atoms with E-state index in [4.69, 9.17) is 9.72 Å². The first-order chi connectivity index (χ1) is 14.0. The number of fused-ring (bicyclic) bond motifs is 1. The van der Waals surface area contributed by atoms with E-state index in [-0.39, 0.29) is 5.91 Å². The summed E-state index contributed by atoms with van der Waals surface area (Å²) in [5, 5.41) is 5.20. The molecule has 3 aromatic rings. The van der Waals surface area contributed by atoms with Gasteiger partial charge in [-0.05, 0) is 44.5 Å². The molecule has 0 aliphatic carbocycles. The van der Waals surface area contributed by atoms with Gasteiger partial charge in [0.05, 0.1) is 29.1 Å². The summed E-state index contributed by atoms with van der Waals surface area (Å²) in [4.78, 5) is 22.5. The molecule has 4 rings (SSSR count). The van der Waals surface area contributed by atoms with Gasteiger partial charge in [0.15, 0.2) is 5.13 Å². The average molecular weight is 414 g/mol. The van der Waals surface area contributed by atoms with E-state index < -0.39 is 0 Å². The lowest BCUT2D eigenvalue weighted by molar-refractivity contribution is 0.0391. The highest BCUT2D eigenvalue weighted by Crippen LogP contribution is 2.30. The van der Waals surface area contributed by atoms with Crippen LogP contribution in [0.25, 0.3) is 10.2 Å². The van der Waals surface area contributed by atoms with E-state index in [0.717, 1.165) is 53.9 Å². The number of aryl methyl sites for hydroxylation is 3. The van der Waals surface area contributed by atoms with Gasteiger partial charge >= 0.3 is 0 Å². The van der Waals surface area contributed by atoms with Crippen molar-refractivity contribution in [3.05, 3.63) is 41.2 Å². The predicted octanol–water partition coefficient (Wildman–Crippen LogP) is 3.11. The number of aromatic nitrogens is 3. The second kappa shape index (κ2) is 8.61. The highest BCUT2D eigenvalue weighted by atomic mass is 32.1. The van der Waals surface area contributed by atoms with Crippen LogP contribution in [0.1, 0.15) is 28.7 Å². The monoisotopic (exact) mass is 413 g/mol. The summed E-state index contributed by atoms with van der Waals surface area (Å²) >= 11 is 1.57. The van der Waals surface area contributed by atoms with Crippen molar-refractivity contribution in [3.8, 4) is 0 Å². The molecule has 8 heteroatoms. The lowest BCUT2D eigenvalue weighted by Crippen LogP contribution is -2.43. The Morgan fingerprint density at radius 2 is 2.03 bits per heavy atom. The summed E-state index contributed by atoms with van der Waals surface area (Å²) < 4.78 is 8.32. The summed E-state index contributed by atoms with van der Waals surface area (Å²) in [7, 11) is 0. The van der Waals surface area contributed by atoms with E-state index in [1.165, 1.54) is 5.56 Å². The smallest absolute Gasteiger partial charge is 0.278 e. The molecule has 1 fully saturated rings. The van der Waals surface area contributed by atoms with Gasteiger partial charge in [0.2, 0.25) is 0 Å². The Kier molecular flexibility index (Phi) is 5.94. The summed E-state index contributed by atoms with van der Waals surface area (Å²) in [5.74, 6) is -0.0449. The first-order valence-electron chi connectivity index (χ1n) is 10.1. The van der Waals surface area contributed by atoms with Crippen LogP contribution in [0, 0.1) is 13.8 Å². The zero-order valence-electron chi connectivity index (χ0n) is 17.2. The number of nitrogens with zero attached hydrogens (tertiary/aromatic N) is 5. The molecule has 1 aromatic carbocycles. The third-order valence-electron chi connectivity index (χ3n) is 5.17. The molecule has 154 valence electrons. The van der Waals surface area contributed by atoms with Crippen LogP contribution in [0.5, 0.6) is 0 Å². The Labute approximate surface area is 174 Å². The van der Waals surface area contributed by atoms with Crippen molar-refractivity contribution >= 4 is 32.6 Å². The van der Waals surface area contributed by atoms with Crippen LogP contribution in [-0.2, 0) is 11.3 Å². The molecule has 1 saturated heterocycles. The minimum absolute atomic E-state index is 0.0449. The predicted molar refractivity (Wildman–Crippen MR) is 116 cm³/mol. The number of carbonyl (C=O) groups is 1. The van der Waals surface area contributed by atoms with Gasteiger partial charge in [0.25, 0.3) is 5.91 Å². The van der Waals surface area contributed by atoms with Crippen LogP contribution in [-0.4, -0.2) is 65.0 Å². The first kappa shape index (κ1) is 20.0. The maximum Gasteiger partial charge on any atom is 0.278 e. The molecular formula is C21H27N5O2S. The number of benzene rings is 1. The fraction of sp³-hybridized carbons (Fsp3) is 0.476. The molecule has 0 unspecified atom stereocenters. The largest absolute Gasteiger partial charge is 0.379 e. The molecule has 29 heavy (non-hydrogen) atoms. The molecule has 3 heterocycles. The lowest BCUT2D eigenvalue weighted by Gasteiger charge is -2.29. The molecule has 0 N–H and O–H groups in total. The minimum atomic E-state index is -0.0449. The van der Waals surface area contributed by atoms with Crippen LogP contribution in [0.3, 0.4) is 0 Å². The molecule has 0 radical (unpaired) electrons. The van der Waals surface area contributed by atoms with Gasteiger partial charge in [-0.3, -0.25) is 19.3 Å². The van der Waals surface area contributed by atoms with Crippen molar-refractivity contribution in [3.63, 3.8) is 0 Å². The first-order valence-corrected chi connectivity index (χ1v) is 10.9.